The van der Waals surface area contributed by atoms with Crippen LogP contribution in [0.4, 0.5) is 0 Å². The maximum absolute atomic E-state index is 11.4. The van der Waals surface area contributed by atoms with Crippen molar-refractivity contribution in [2.24, 2.45) is 5.92 Å². The van der Waals surface area contributed by atoms with Gasteiger partial charge in [-0.15, -0.1) is 0 Å². The molecule has 80 valence electrons. The third kappa shape index (κ3) is 1.81. The SMILES string of the molecule is COC(=O)C1CC1(C)c1cccc(Br)c1. The van der Waals surface area contributed by atoms with Crippen molar-refractivity contribution in [3.8, 4) is 0 Å². The van der Waals surface area contributed by atoms with Gasteiger partial charge in [-0.05, 0) is 24.1 Å². The average Bonchev–Trinajstić information content (AvgIpc) is 2.91. The highest BCUT2D eigenvalue weighted by Crippen LogP contribution is 2.54. The van der Waals surface area contributed by atoms with Crippen LogP contribution in [0, 0.1) is 5.92 Å². The lowest BCUT2D eigenvalue weighted by atomic mass is 9.96. The molecule has 0 aromatic heterocycles. The first-order chi connectivity index (χ1) is 7.08. The van der Waals surface area contributed by atoms with E-state index >= 15 is 0 Å². The number of esters is 1. The lowest BCUT2D eigenvalue weighted by molar-refractivity contribution is -0.142. The molecule has 1 saturated carbocycles. The molecule has 3 heteroatoms. The summed E-state index contributed by atoms with van der Waals surface area (Å²) in [6.07, 6.45) is 0.885. The van der Waals surface area contributed by atoms with Crippen LogP contribution in [0.25, 0.3) is 0 Å². The van der Waals surface area contributed by atoms with E-state index < -0.39 is 0 Å². The van der Waals surface area contributed by atoms with Gasteiger partial charge < -0.3 is 4.74 Å². The van der Waals surface area contributed by atoms with Gasteiger partial charge in [0.2, 0.25) is 0 Å². The minimum absolute atomic E-state index is 0.0248. The summed E-state index contributed by atoms with van der Waals surface area (Å²) < 4.78 is 5.82. The van der Waals surface area contributed by atoms with Crippen molar-refractivity contribution in [2.75, 3.05) is 7.11 Å². The Bertz CT molecular complexity index is 402. The van der Waals surface area contributed by atoms with Crippen molar-refractivity contribution >= 4 is 21.9 Å². The summed E-state index contributed by atoms with van der Waals surface area (Å²) in [5, 5.41) is 0. The topological polar surface area (TPSA) is 26.3 Å². The van der Waals surface area contributed by atoms with Gasteiger partial charge in [0.25, 0.3) is 0 Å². The van der Waals surface area contributed by atoms with Crippen molar-refractivity contribution in [1.29, 1.82) is 0 Å². The smallest absolute Gasteiger partial charge is 0.309 e. The first kappa shape index (κ1) is 10.7. The molecule has 0 heterocycles. The molecule has 1 aliphatic rings. The van der Waals surface area contributed by atoms with Crippen molar-refractivity contribution in [1.82, 2.24) is 0 Å². The van der Waals surface area contributed by atoms with Gasteiger partial charge in [-0.2, -0.15) is 0 Å². The first-order valence-corrected chi connectivity index (χ1v) is 5.71. The molecule has 0 N–H and O–H groups in total. The van der Waals surface area contributed by atoms with Crippen LogP contribution in [-0.4, -0.2) is 13.1 Å². The van der Waals surface area contributed by atoms with Crippen molar-refractivity contribution in [3.05, 3.63) is 34.3 Å². The summed E-state index contributed by atoms with van der Waals surface area (Å²) in [5.74, 6) is -0.0747. The molecule has 2 atom stereocenters. The Balaban J connectivity index is 2.23. The fraction of sp³-hybridized carbons (Fsp3) is 0.417. The van der Waals surface area contributed by atoms with Crippen LogP contribution in [0.2, 0.25) is 0 Å². The second-order valence-corrected chi connectivity index (χ2v) is 5.12. The van der Waals surface area contributed by atoms with Crippen molar-refractivity contribution in [2.45, 2.75) is 18.8 Å². The van der Waals surface area contributed by atoms with Crippen LogP contribution in [0.1, 0.15) is 18.9 Å². The number of rotatable bonds is 2. The van der Waals surface area contributed by atoms with Gasteiger partial charge in [0, 0.05) is 9.89 Å². The fourth-order valence-corrected chi connectivity index (χ4v) is 2.41. The van der Waals surface area contributed by atoms with Crippen molar-refractivity contribution < 1.29 is 9.53 Å². The van der Waals surface area contributed by atoms with Gasteiger partial charge in [-0.25, -0.2) is 0 Å². The summed E-state index contributed by atoms with van der Waals surface area (Å²) in [6.45, 7) is 2.11. The van der Waals surface area contributed by atoms with Gasteiger partial charge in [0.05, 0.1) is 13.0 Å². The molecule has 2 rings (SSSR count). The maximum Gasteiger partial charge on any atom is 0.309 e. The average molecular weight is 269 g/mol. The van der Waals surface area contributed by atoms with Crippen LogP contribution >= 0.6 is 15.9 Å². The normalized spacial score (nSPS) is 28.6. The molecular formula is C12H13BrO2. The second-order valence-electron chi connectivity index (χ2n) is 4.21. The molecule has 0 radical (unpaired) electrons. The molecule has 0 saturated heterocycles. The van der Waals surface area contributed by atoms with Crippen LogP contribution in [0.3, 0.4) is 0 Å². The van der Waals surface area contributed by atoms with E-state index in [4.69, 9.17) is 4.74 Å². The van der Waals surface area contributed by atoms with E-state index in [0.29, 0.717) is 0 Å². The minimum atomic E-state index is -0.0996. The van der Waals surface area contributed by atoms with E-state index in [1.54, 1.807) is 0 Å². The second kappa shape index (κ2) is 3.63. The zero-order valence-corrected chi connectivity index (χ0v) is 10.4. The van der Waals surface area contributed by atoms with Gasteiger partial charge >= 0.3 is 5.97 Å². The van der Waals surface area contributed by atoms with Crippen LogP contribution in [-0.2, 0) is 14.9 Å². The third-order valence-electron chi connectivity index (χ3n) is 3.21. The Morgan fingerprint density at radius 1 is 1.60 bits per heavy atom. The molecule has 0 amide bonds. The molecule has 1 aromatic carbocycles. The molecule has 0 spiro atoms. The molecule has 1 aliphatic carbocycles. The van der Waals surface area contributed by atoms with E-state index in [0.717, 1.165) is 10.9 Å². The van der Waals surface area contributed by atoms with Crippen LogP contribution in [0.15, 0.2) is 28.7 Å². The molecule has 0 bridgehead atoms. The standard InChI is InChI=1S/C12H13BrO2/c1-12(7-10(12)11(14)15-2)8-4-3-5-9(13)6-8/h3-6,10H,7H2,1-2H3. The maximum atomic E-state index is 11.4. The number of hydrogen-bond acceptors (Lipinski definition) is 2. The molecule has 2 nitrogen and oxygen atoms in total. The fourth-order valence-electron chi connectivity index (χ4n) is 2.01. The first-order valence-electron chi connectivity index (χ1n) is 4.92. The predicted molar refractivity (Wildman–Crippen MR) is 61.6 cm³/mol. The molecule has 1 fully saturated rings. The molecule has 0 aliphatic heterocycles. The molecule has 1 aromatic rings. The van der Waals surface area contributed by atoms with Crippen LogP contribution < -0.4 is 0 Å². The van der Waals surface area contributed by atoms with Gasteiger partial charge in [0.1, 0.15) is 0 Å². The zero-order chi connectivity index (χ0) is 11.1. The summed E-state index contributed by atoms with van der Waals surface area (Å²) in [4.78, 5) is 11.4. The number of hydrogen-bond donors (Lipinski definition) is 0. The predicted octanol–water partition coefficient (Wildman–Crippen LogP) is 2.90. The lowest BCUT2D eigenvalue weighted by Crippen LogP contribution is -2.12. The number of carbonyl (C=O) groups excluding carboxylic acids is 1. The van der Waals surface area contributed by atoms with E-state index in [-0.39, 0.29) is 17.3 Å². The number of benzene rings is 1. The van der Waals surface area contributed by atoms with Gasteiger partial charge in [0.15, 0.2) is 0 Å². The summed E-state index contributed by atoms with van der Waals surface area (Å²) >= 11 is 3.44. The highest BCUT2D eigenvalue weighted by molar-refractivity contribution is 9.10. The van der Waals surface area contributed by atoms with Crippen LogP contribution in [0.5, 0.6) is 0 Å². The van der Waals surface area contributed by atoms with E-state index in [1.165, 1.54) is 12.7 Å². The van der Waals surface area contributed by atoms with E-state index in [9.17, 15) is 4.79 Å². The van der Waals surface area contributed by atoms with E-state index in [2.05, 4.69) is 35.0 Å². The Morgan fingerprint density at radius 3 is 2.93 bits per heavy atom. The minimum Gasteiger partial charge on any atom is -0.469 e. The highest BCUT2D eigenvalue weighted by atomic mass is 79.9. The summed E-state index contributed by atoms with van der Waals surface area (Å²) in [5.41, 5.74) is 1.17. The number of methoxy groups -OCH3 is 1. The number of ether oxygens (including phenoxy) is 1. The Kier molecular flexibility index (Phi) is 2.59. The third-order valence-corrected chi connectivity index (χ3v) is 3.70. The number of carbonyl (C=O) groups is 1. The monoisotopic (exact) mass is 268 g/mol. The quantitative estimate of drug-likeness (QED) is 0.772. The summed E-state index contributed by atoms with van der Waals surface area (Å²) in [6, 6.07) is 8.12. The molecule has 2 unspecified atom stereocenters. The lowest BCUT2D eigenvalue weighted by Gasteiger charge is -2.11. The molecular weight excluding hydrogens is 256 g/mol. The molecule has 15 heavy (non-hydrogen) atoms. The Labute approximate surface area is 97.8 Å². The van der Waals surface area contributed by atoms with E-state index in [1.807, 2.05) is 12.1 Å². The highest BCUT2D eigenvalue weighted by Gasteiger charge is 2.56. The van der Waals surface area contributed by atoms with Crippen molar-refractivity contribution in [3.63, 3.8) is 0 Å². The zero-order valence-electron chi connectivity index (χ0n) is 8.79. The van der Waals surface area contributed by atoms with Gasteiger partial charge in [-0.1, -0.05) is 35.0 Å². The Morgan fingerprint density at radius 2 is 2.33 bits per heavy atom. The van der Waals surface area contributed by atoms with Gasteiger partial charge in [-0.3, -0.25) is 4.79 Å². The largest absolute Gasteiger partial charge is 0.469 e. The number of halogens is 1. The summed E-state index contributed by atoms with van der Waals surface area (Å²) in [7, 11) is 1.45. The Hall–Kier alpha value is -0.830.